The number of aromatic nitrogens is 3. The van der Waals surface area contributed by atoms with Gasteiger partial charge in [-0.15, -0.1) is 0 Å². The summed E-state index contributed by atoms with van der Waals surface area (Å²) < 4.78 is 2.03. The van der Waals surface area contributed by atoms with E-state index in [2.05, 4.69) is 25.9 Å². The van der Waals surface area contributed by atoms with Crippen LogP contribution in [0.4, 0.5) is 0 Å². The molecule has 0 saturated heterocycles. The van der Waals surface area contributed by atoms with E-state index in [1.54, 1.807) is 30.6 Å². The van der Waals surface area contributed by atoms with E-state index in [1.807, 2.05) is 0 Å². The van der Waals surface area contributed by atoms with Gasteiger partial charge in [0.1, 0.15) is 4.60 Å². The Morgan fingerprint density at radius 3 is 2.86 bits per heavy atom. The van der Waals surface area contributed by atoms with Crippen molar-refractivity contribution in [1.29, 1.82) is 0 Å². The van der Waals surface area contributed by atoms with Crippen LogP contribution in [-0.4, -0.2) is 14.5 Å². The van der Waals surface area contributed by atoms with Crippen LogP contribution >= 0.6 is 15.9 Å². The average Bonchev–Trinajstić information content (AvgIpc) is 2.18. The number of hydrogen-bond acceptors (Lipinski definition) is 3. The molecule has 0 aliphatic carbocycles. The molecule has 0 aliphatic heterocycles. The highest BCUT2D eigenvalue weighted by Gasteiger charge is 2.00. The summed E-state index contributed by atoms with van der Waals surface area (Å²) in [4.78, 5) is 19.5. The maximum atomic E-state index is 11.4. The molecule has 0 aliphatic rings. The van der Waals surface area contributed by atoms with Crippen LogP contribution in [0, 0.1) is 0 Å². The Bertz CT molecular complexity index is 509. The Kier molecular flexibility index (Phi) is 2.41. The molecule has 0 N–H and O–H groups in total. The van der Waals surface area contributed by atoms with Crippen molar-refractivity contribution in [3.05, 3.63) is 51.6 Å². The zero-order valence-electron chi connectivity index (χ0n) is 7.09. The molecule has 2 aromatic heterocycles. The zero-order chi connectivity index (χ0) is 9.97. The molecular weight excluding hydrogens is 246 g/mol. The second-order valence-corrected chi connectivity index (χ2v) is 3.40. The van der Waals surface area contributed by atoms with Crippen LogP contribution in [0.3, 0.4) is 0 Å². The van der Waals surface area contributed by atoms with Gasteiger partial charge in [0.25, 0.3) is 5.56 Å². The summed E-state index contributed by atoms with van der Waals surface area (Å²) in [7, 11) is 0. The Hall–Kier alpha value is -1.49. The van der Waals surface area contributed by atoms with Crippen LogP contribution in [0.2, 0.25) is 0 Å². The maximum Gasteiger partial charge on any atom is 0.257 e. The lowest BCUT2D eigenvalue weighted by molar-refractivity contribution is 0.879. The number of halogens is 1. The van der Waals surface area contributed by atoms with E-state index in [9.17, 15) is 4.79 Å². The zero-order valence-corrected chi connectivity index (χ0v) is 8.68. The molecule has 0 atom stereocenters. The molecule has 14 heavy (non-hydrogen) atoms. The van der Waals surface area contributed by atoms with Crippen molar-refractivity contribution >= 4 is 15.9 Å². The van der Waals surface area contributed by atoms with Gasteiger partial charge < -0.3 is 0 Å². The number of pyridine rings is 1. The Labute approximate surface area is 88.4 Å². The van der Waals surface area contributed by atoms with Gasteiger partial charge in [0.05, 0.1) is 0 Å². The highest BCUT2D eigenvalue weighted by atomic mass is 79.9. The molecule has 0 saturated carbocycles. The fraction of sp³-hybridized carbons (Fsp3) is 0. The van der Waals surface area contributed by atoms with Gasteiger partial charge in [-0.2, -0.15) is 0 Å². The molecule has 0 radical (unpaired) electrons. The van der Waals surface area contributed by atoms with Gasteiger partial charge in [0.15, 0.2) is 0 Å². The van der Waals surface area contributed by atoms with Gasteiger partial charge in [0, 0.05) is 18.5 Å². The van der Waals surface area contributed by atoms with E-state index in [-0.39, 0.29) is 5.56 Å². The minimum Gasteiger partial charge on any atom is -0.269 e. The first-order chi connectivity index (χ1) is 6.77. The van der Waals surface area contributed by atoms with E-state index >= 15 is 0 Å². The molecular formula is C9H6BrN3O. The first kappa shape index (κ1) is 9.08. The predicted molar refractivity (Wildman–Crippen MR) is 55.3 cm³/mol. The fourth-order valence-electron chi connectivity index (χ4n) is 1.04. The molecule has 0 unspecified atom stereocenters. The lowest BCUT2D eigenvalue weighted by atomic mass is 10.5. The largest absolute Gasteiger partial charge is 0.269 e. The number of hydrogen-bond donors (Lipinski definition) is 0. The monoisotopic (exact) mass is 251 g/mol. The first-order valence-electron chi connectivity index (χ1n) is 3.94. The van der Waals surface area contributed by atoms with Crippen molar-refractivity contribution in [1.82, 2.24) is 14.5 Å². The van der Waals surface area contributed by atoms with Crippen molar-refractivity contribution in [3.8, 4) is 5.95 Å². The fourth-order valence-corrected chi connectivity index (χ4v) is 1.31. The third-order valence-electron chi connectivity index (χ3n) is 1.65. The summed E-state index contributed by atoms with van der Waals surface area (Å²) in [6.07, 6.45) is 3.22. The first-order valence-corrected chi connectivity index (χ1v) is 4.73. The molecule has 2 heterocycles. The SMILES string of the molecule is O=c1ccccn1-c1nccc(Br)n1. The molecule has 0 aromatic carbocycles. The van der Waals surface area contributed by atoms with Crippen molar-refractivity contribution in [2.75, 3.05) is 0 Å². The standard InChI is InChI=1S/C9H6BrN3O/c10-7-4-5-11-9(12-7)13-6-2-1-3-8(13)14/h1-6H. The van der Waals surface area contributed by atoms with Crippen LogP contribution in [0.5, 0.6) is 0 Å². The highest BCUT2D eigenvalue weighted by molar-refractivity contribution is 9.10. The molecule has 2 rings (SSSR count). The van der Waals surface area contributed by atoms with Crippen LogP contribution in [0.15, 0.2) is 46.1 Å². The summed E-state index contributed by atoms with van der Waals surface area (Å²) in [5, 5.41) is 0. The quantitative estimate of drug-likeness (QED) is 0.720. The molecule has 0 fully saturated rings. The van der Waals surface area contributed by atoms with Crippen LogP contribution in [-0.2, 0) is 0 Å². The molecule has 4 nitrogen and oxygen atoms in total. The van der Waals surface area contributed by atoms with E-state index in [4.69, 9.17) is 0 Å². The third-order valence-corrected chi connectivity index (χ3v) is 2.09. The van der Waals surface area contributed by atoms with Gasteiger partial charge in [-0.05, 0) is 28.1 Å². The minimum atomic E-state index is -0.148. The van der Waals surface area contributed by atoms with E-state index < -0.39 is 0 Å². The van der Waals surface area contributed by atoms with Gasteiger partial charge in [-0.3, -0.25) is 9.36 Å². The van der Waals surface area contributed by atoms with Crippen LogP contribution in [0.25, 0.3) is 5.95 Å². The number of nitrogens with zero attached hydrogens (tertiary/aromatic N) is 3. The molecule has 0 spiro atoms. The van der Waals surface area contributed by atoms with Gasteiger partial charge in [-0.25, -0.2) is 9.97 Å². The lowest BCUT2D eigenvalue weighted by Gasteiger charge is -2.01. The summed E-state index contributed by atoms with van der Waals surface area (Å²) in [5.41, 5.74) is -0.148. The molecule has 2 aromatic rings. The maximum absolute atomic E-state index is 11.4. The lowest BCUT2D eigenvalue weighted by Crippen LogP contribution is -2.17. The van der Waals surface area contributed by atoms with Gasteiger partial charge in [0.2, 0.25) is 5.95 Å². The Balaban J connectivity index is 2.61. The number of rotatable bonds is 1. The minimum absolute atomic E-state index is 0.148. The third kappa shape index (κ3) is 1.72. The molecule has 0 bridgehead atoms. The molecule has 0 amide bonds. The van der Waals surface area contributed by atoms with Crippen LogP contribution in [0.1, 0.15) is 0 Å². The van der Waals surface area contributed by atoms with Gasteiger partial charge in [-0.1, -0.05) is 6.07 Å². The van der Waals surface area contributed by atoms with Gasteiger partial charge >= 0.3 is 0 Å². The van der Waals surface area contributed by atoms with Crippen molar-refractivity contribution in [3.63, 3.8) is 0 Å². The topological polar surface area (TPSA) is 47.8 Å². The normalized spacial score (nSPS) is 10.1. The summed E-state index contributed by atoms with van der Waals surface area (Å²) >= 11 is 3.22. The van der Waals surface area contributed by atoms with E-state index in [1.165, 1.54) is 10.6 Å². The predicted octanol–water partition coefficient (Wildman–Crippen LogP) is 1.39. The highest BCUT2D eigenvalue weighted by Crippen LogP contribution is 2.05. The molecule has 5 heteroatoms. The Morgan fingerprint density at radius 2 is 2.14 bits per heavy atom. The van der Waals surface area contributed by atoms with Crippen LogP contribution < -0.4 is 5.56 Å². The van der Waals surface area contributed by atoms with E-state index in [0.717, 1.165) is 0 Å². The smallest absolute Gasteiger partial charge is 0.257 e. The van der Waals surface area contributed by atoms with Crippen molar-refractivity contribution < 1.29 is 0 Å². The van der Waals surface area contributed by atoms with Crippen molar-refractivity contribution in [2.24, 2.45) is 0 Å². The molecule has 70 valence electrons. The van der Waals surface area contributed by atoms with Crippen molar-refractivity contribution in [2.45, 2.75) is 0 Å². The summed E-state index contributed by atoms with van der Waals surface area (Å²) in [6.45, 7) is 0. The second kappa shape index (κ2) is 3.71. The summed E-state index contributed by atoms with van der Waals surface area (Å²) in [5.74, 6) is 0.366. The average molecular weight is 252 g/mol. The second-order valence-electron chi connectivity index (χ2n) is 2.59. The van der Waals surface area contributed by atoms with E-state index in [0.29, 0.717) is 10.6 Å². The summed E-state index contributed by atoms with van der Waals surface area (Å²) in [6, 6.07) is 6.60. The Morgan fingerprint density at radius 1 is 1.29 bits per heavy atom.